The molecule has 0 aliphatic heterocycles. The second kappa shape index (κ2) is 5.28. The zero-order valence-corrected chi connectivity index (χ0v) is 15.4. The van der Waals surface area contributed by atoms with Crippen molar-refractivity contribution in [2.24, 2.45) is 0 Å². The van der Waals surface area contributed by atoms with Gasteiger partial charge in [0.05, 0.1) is 11.2 Å². The maximum atomic E-state index is 4.98. The van der Waals surface area contributed by atoms with E-state index < -0.39 is 0 Å². The molecule has 0 fully saturated rings. The second-order valence-corrected chi connectivity index (χ2v) is 7.82. The highest BCUT2D eigenvalue weighted by molar-refractivity contribution is 5.92. The van der Waals surface area contributed by atoms with E-state index in [-0.39, 0.29) is 5.41 Å². The molecule has 0 bridgehead atoms. The molecule has 1 aromatic heterocycles. The molecule has 0 spiro atoms. The van der Waals surface area contributed by atoms with Crippen molar-refractivity contribution in [3.8, 4) is 22.4 Å². The molecule has 0 atom stereocenters. The summed E-state index contributed by atoms with van der Waals surface area (Å²) in [5, 5.41) is 1.20. The van der Waals surface area contributed by atoms with E-state index in [1.807, 2.05) is 0 Å². The minimum absolute atomic E-state index is 0.0155. The first kappa shape index (κ1) is 15.3. The van der Waals surface area contributed by atoms with Gasteiger partial charge in [-0.25, -0.2) is 4.98 Å². The van der Waals surface area contributed by atoms with E-state index in [9.17, 15) is 0 Å². The topological polar surface area (TPSA) is 12.9 Å². The zero-order valence-electron chi connectivity index (χ0n) is 15.4. The molecule has 1 aliphatic rings. The van der Waals surface area contributed by atoms with Gasteiger partial charge in [0.15, 0.2) is 0 Å². The predicted molar refractivity (Wildman–Crippen MR) is 109 cm³/mol. The summed E-state index contributed by atoms with van der Waals surface area (Å²) in [7, 11) is 0. The summed E-state index contributed by atoms with van der Waals surface area (Å²) in [5.41, 5.74) is 10.0. The average molecular weight is 335 g/mol. The van der Waals surface area contributed by atoms with Crippen LogP contribution in [0.15, 0.2) is 72.8 Å². The second-order valence-electron chi connectivity index (χ2n) is 7.82. The Morgan fingerprint density at radius 2 is 1.50 bits per heavy atom. The number of benzene rings is 3. The van der Waals surface area contributed by atoms with Gasteiger partial charge < -0.3 is 0 Å². The van der Waals surface area contributed by atoms with Crippen molar-refractivity contribution in [2.75, 3.05) is 0 Å². The average Bonchev–Trinajstić information content (AvgIpc) is 2.88. The maximum Gasteiger partial charge on any atom is 0.0713 e. The van der Waals surface area contributed by atoms with Crippen LogP contribution in [-0.2, 0) is 5.41 Å². The van der Waals surface area contributed by atoms with E-state index in [4.69, 9.17) is 4.98 Å². The van der Waals surface area contributed by atoms with Crippen molar-refractivity contribution in [2.45, 2.75) is 26.2 Å². The molecule has 1 heterocycles. The van der Waals surface area contributed by atoms with Crippen LogP contribution < -0.4 is 0 Å². The Morgan fingerprint density at radius 1 is 0.731 bits per heavy atom. The first-order valence-corrected chi connectivity index (χ1v) is 9.16. The minimum Gasteiger partial charge on any atom is -0.248 e. The van der Waals surface area contributed by atoms with Crippen LogP contribution >= 0.6 is 0 Å². The number of hydrogen-bond donors (Lipinski definition) is 0. The molecule has 3 aromatic carbocycles. The minimum atomic E-state index is 0.0155. The van der Waals surface area contributed by atoms with Crippen LogP contribution in [0, 0.1) is 6.92 Å². The van der Waals surface area contributed by atoms with E-state index in [0.717, 1.165) is 11.2 Å². The first-order chi connectivity index (χ1) is 12.5. The third kappa shape index (κ3) is 2.13. The van der Waals surface area contributed by atoms with Crippen LogP contribution in [-0.4, -0.2) is 4.98 Å². The SMILES string of the molecule is Cc1ccc(-c2ccc3cc4c(cc3n2)C(C)(C)c2ccccc2-4)cc1. The highest BCUT2D eigenvalue weighted by Gasteiger charge is 2.35. The summed E-state index contributed by atoms with van der Waals surface area (Å²) in [6.45, 7) is 6.74. The van der Waals surface area contributed by atoms with Crippen LogP contribution in [0.3, 0.4) is 0 Å². The van der Waals surface area contributed by atoms with Crippen LogP contribution in [0.4, 0.5) is 0 Å². The fraction of sp³-hybridized carbons (Fsp3) is 0.160. The van der Waals surface area contributed by atoms with Gasteiger partial charge in [0.2, 0.25) is 0 Å². The van der Waals surface area contributed by atoms with Gasteiger partial charge in [-0.1, -0.05) is 74.0 Å². The lowest BCUT2D eigenvalue weighted by molar-refractivity contribution is 0.661. The first-order valence-electron chi connectivity index (χ1n) is 9.16. The van der Waals surface area contributed by atoms with Gasteiger partial charge in [0.1, 0.15) is 0 Å². The van der Waals surface area contributed by atoms with Crippen molar-refractivity contribution >= 4 is 10.9 Å². The number of aryl methyl sites for hydroxylation is 1. The molecule has 1 heteroatoms. The quantitative estimate of drug-likeness (QED) is 0.386. The zero-order chi connectivity index (χ0) is 17.9. The summed E-state index contributed by atoms with van der Waals surface area (Å²) in [5.74, 6) is 0. The van der Waals surface area contributed by atoms with E-state index in [2.05, 4.69) is 93.6 Å². The maximum absolute atomic E-state index is 4.98. The predicted octanol–water partition coefficient (Wildman–Crippen LogP) is 6.52. The van der Waals surface area contributed by atoms with Gasteiger partial charge in [0.25, 0.3) is 0 Å². The largest absolute Gasteiger partial charge is 0.248 e. The summed E-state index contributed by atoms with van der Waals surface area (Å²) >= 11 is 0. The lowest BCUT2D eigenvalue weighted by atomic mass is 9.82. The van der Waals surface area contributed by atoms with E-state index >= 15 is 0 Å². The molecular weight excluding hydrogens is 314 g/mol. The van der Waals surface area contributed by atoms with Crippen molar-refractivity contribution < 1.29 is 0 Å². The summed E-state index contributed by atoms with van der Waals surface area (Å²) in [4.78, 5) is 4.98. The Morgan fingerprint density at radius 3 is 2.31 bits per heavy atom. The van der Waals surface area contributed by atoms with Gasteiger partial charge in [0, 0.05) is 16.4 Å². The van der Waals surface area contributed by atoms with E-state index in [1.165, 1.54) is 38.8 Å². The molecule has 126 valence electrons. The summed E-state index contributed by atoms with van der Waals surface area (Å²) in [6.07, 6.45) is 0. The molecule has 0 saturated heterocycles. The van der Waals surface area contributed by atoms with Crippen LogP contribution in [0.2, 0.25) is 0 Å². The van der Waals surface area contributed by atoms with E-state index in [1.54, 1.807) is 0 Å². The Bertz CT molecular complexity index is 1150. The van der Waals surface area contributed by atoms with Crippen LogP contribution in [0.1, 0.15) is 30.5 Å². The number of pyridine rings is 1. The number of rotatable bonds is 1. The van der Waals surface area contributed by atoms with Crippen molar-refractivity contribution in [1.29, 1.82) is 0 Å². The summed E-state index contributed by atoms with van der Waals surface area (Å²) in [6, 6.07) is 26.3. The number of fused-ring (bicyclic) bond motifs is 4. The fourth-order valence-corrected chi connectivity index (χ4v) is 4.20. The van der Waals surface area contributed by atoms with Gasteiger partial charge in [-0.3, -0.25) is 0 Å². The van der Waals surface area contributed by atoms with Crippen molar-refractivity contribution in [1.82, 2.24) is 4.98 Å². The van der Waals surface area contributed by atoms with Gasteiger partial charge in [-0.05, 0) is 47.4 Å². The lowest BCUT2D eigenvalue weighted by Gasteiger charge is -2.21. The molecule has 4 aromatic rings. The van der Waals surface area contributed by atoms with Crippen molar-refractivity contribution in [3.05, 3.63) is 89.5 Å². The molecule has 0 unspecified atom stereocenters. The van der Waals surface area contributed by atoms with Crippen LogP contribution in [0.25, 0.3) is 33.3 Å². The normalized spacial score (nSPS) is 14.3. The molecule has 0 amide bonds. The molecule has 0 N–H and O–H groups in total. The van der Waals surface area contributed by atoms with Crippen molar-refractivity contribution in [3.63, 3.8) is 0 Å². The lowest BCUT2D eigenvalue weighted by Crippen LogP contribution is -2.14. The van der Waals surface area contributed by atoms with Crippen LogP contribution in [0.5, 0.6) is 0 Å². The third-order valence-electron chi connectivity index (χ3n) is 5.74. The van der Waals surface area contributed by atoms with Gasteiger partial charge in [-0.15, -0.1) is 0 Å². The number of aromatic nitrogens is 1. The number of hydrogen-bond acceptors (Lipinski definition) is 1. The van der Waals surface area contributed by atoms with E-state index in [0.29, 0.717) is 0 Å². The smallest absolute Gasteiger partial charge is 0.0713 e. The molecule has 5 rings (SSSR count). The molecular formula is C25H21N. The highest BCUT2D eigenvalue weighted by Crippen LogP contribution is 2.49. The molecule has 26 heavy (non-hydrogen) atoms. The monoisotopic (exact) mass is 335 g/mol. The molecule has 0 radical (unpaired) electrons. The van der Waals surface area contributed by atoms with Gasteiger partial charge in [-0.2, -0.15) is 0 Å². The molecule has 1 aliphatic carbocycles. The fourth-order valence-electron chi connectivity index (χ4n) is 4.20. The highest BCUT2D eigenvalue weighted by atomic mass is 14.7. The number of nitrogens with zero attached hydrogens (tertiary/aromatic N) is 1. The molecule has 1 nitrogen and oxygen atoms in total. The molecule has 0 saturated carbocycles. The third-order valence-corrected chi connectivity index (χ3v) is 5.74. The Balaban J connectivity index is 1.72. The summed E-state index contributed by atoms with van der Waals surface area (Å²) < 4.78 is 0. The van der Waals surface area contributed by atoms with Gasteiger partial charge >= 0.3 is 0 Å². The standard InChI is InChI=1S/C25H21N/c1-16-8-10-17(11-9-16)23-13-12-18-14-20-19-6-4-5-7-21(19)25(2,3)22(20)15-24(18)26-23/h4-15H,1-3H3. The Hall–Kier alpha value is -2.93. The Labute approximate surface area is 154 Å². The Kier molecular flexibility index (Phi) is 3.12.